The molecule has 7 nitrogen and oxygen atoms in total. The lowest BCUT2D eigenvalue weighted by molar-refractivity contribution is -0.119. The normalized spacial score (nSPS) is 22.0. The van der Waals surface area contributed by atoms with Crippen LogP contribution in [0.2, 0.25) is 5.02 Å². The van der Waals surface area contributed by atoms with Crippen molar-refractivity contribution in [3.8, 4) is 0 Å². The fraction of sp³-hybridized carbons (Fsp3) is 0.429. The summed E-state index contributed by atoms with van der Waals surface area (Å²) in [6.45, 7) is 1.54. The van der Waals surface area contributed by atoms with Crippen molar-refractivity contribution in [3.05, 3.63) is 28.8 Å². The van der Waals surface area contributed by atoms with Gasteiger partial charge in [0.05, 0.1) is 10.8 Å². The molecule has 1 aliphatic heterocycles. The summed E-state index contributed by atoms with van der Waals surface area (Å²) in [4.78, 5) is 16.8. The van der Waals surface area contributed by atoms with Crippen LogP contribution in [0.5, 0.6) is 0 Å². The first-order valence-electron chi connectivity index (χ1n) is 7.07. The van der Waals surface area contributed by atoms with Crippen LogP contribution in [0.3, 0.4) is 0 Å². The lowest BCUT2D eigenvalue weighted by Crippen LogP contribution is -2.42. The molecule has 2 rings (SSSR count). The van der Waals surface area contributed by atoms with Gasteiger partial charge < -0.3 is 10.0 Å². The molecule has 140 valence electrons. The number of nitrogens with zero attached hydrogens (tertiary/aromatic N) is 2. The lowest BCUT2D eigenvalue weighted by Gasteiger charge is -2.31. The predicted molar refractivity (Wildman–Crippen MR) is 105 cm³/mol. The van der Waals surface area contributed by atoms with Crippen LogP contribution < -0.4 is 4.72 Å². The molecular formula is C14H19BrClN3O4S2. The van der Waals surface area contributed by atoms with Crippen LogP contribution in [0.1, 0.15) is 18.9 Å². The molecule has 1 aromatic carbocycles. The third-order valence-corrected chi connectivity index (χ3v) is 6.80. The maximum Gasteiger partial charge on any atom is 0.265 e. The molecule has 1 fully saturated rings. The van der Waals surface area contributed by atoms with E-state index in [1.54, 1.807) is 32.0 Å². The van der Waals surface area contributed by atoms with Gasteiger partial charge in [-0.3, -0.25) is 9.79 Å². The second-order valence-electron chi connectivity index (χ2n) is 5.20. The van der Waals surface area contributed by atoms with E-state index in [9.17, 15) is 18.3 Å². The zero-order valence-corrected chi connectivity index (χ0v) is 17.9. The topological polar surface area (TPSA) is 99.1 Å². The molecule has 0 aliphatic carbocycles. The Kier molecular flexibility index (Phi) is 7.34. The van der Waals surface area contributed by atoms with Crippen molar-refractivity contribution in [1.29, 1.82) is 0 Å². The van der Waals surface area contributed by atoms with Crippen molar-refractivity contribution in [2.24, 2.45) is 4.99 Å². The van der Waals surface area contributed by atoms with E-state index in [0.29, 0.717) is 16.5 Å². The van der Waals surface area contributed by atoms with Crippen LogP contribution in [-0.4, -0.2) is 49.3 Å². The van der Waals surface area contributed by atoms with Gasteiger partial charge >= 0.3 is 0 Å². The van der Waals surface area contributed by atoms with Crippen molar-refractivity contribution in [1.82, 2.24) is 9.62 Å². The summed E-state index contributed by atoms with van der Waals surface area (Å²) < 4.78 is 26.7. The Hall–Kier alpha value is -0.810. The largest absolute Gasteiger partial charge is 0.366 e. The Morgan fingerprint density at radius 2 is 2.16 bits per heavy atom. The van der Waals surface area contributed by atoms with Gasteiger partial charge in [0, 0.05) is 26.1 Å². The number of sulfonamides is 1. The van der Waals surface area contributed by atoms with Crippen LogP contribution in [0, 0.1) is 0 Å². The molecule has 1 unspecified atom stereocenters. The van der Waals surface area contributed by atoms with Gasteiger partial charge in [-0.25, -0.2) is 13.1 Å². The van der Waals surface area contributed by atoms with Crippen LogP contribution in [-0.2, 0) is 20.5 Å². The van der Waals surface area contributed by atoms with Gasteiger partial charge in [-0.1, -0.05) is 36.4 Å². The number of amidine groups is 1. The van der Waals surface area contributed by atoms with E-state index < -0.39 is 21.7 Å². The molecule has 1 atom stereocenters. The van der Waals surface area contributed by atoms with Crippen molar-refractivity contribution < 1.29 is 18.3 Å². The third-order valence-electron chi connectivity index (χ3n) is 3.69. The quantitative estimate of drug-likeness (QED) is 0.695. The third kappa shape index (κ3) is 4.30. The van der Waals surface area contributed by atoms with Gasteiger partial charge in [-0.15, -0.1) is 17.0 Å². The molecule has 1 heterocycles. The zero-order chi connectivity index (χ0) is 18.1. The van der Waals surface area contributed by atoms with Gasteiger partial charge in [0.25, 0.3) is 10.0 Å². The number of halogens is 2. The summed E-state index contributed by atoms with van der Waals surface area (Å²) in [5.41, 5.74) is -1.06. The number of aliphatic imine (C=N–C) groups is 1. The summed E-state index contributed by atoms with van der Waals surface area (Å²) in [7, 11) is -0.832. The number of amides is 1. The number of thioether (sulfide) groups is 1. The summed E-state index contributed by atoms with van der Waals surface area (Å²) in [5, 5.41) is 11.5. The maximum atomic E-state index is 12.4. The Morgan fingerprint density at radius 3 is 2.68 bits per heavy atom. The molecule has 25 heavy (non-hydrogen) atoms. The minimum atomic E-state index is -4.12. The first-order chi connectivity index (χ1) is 11.2. The standard InChI is InChI=1S/C14H18ClN3O4S2.BrH/c1-4-12(19)17-24(21,22)11-7-9(5-6-10(11)15)14(20)8-23-13(16-2)18(14)3;/h5-7,20H,4,8H2,1-3H3,(H,17,19);1H. The molecule has 1 aliphatic rings. The average molecular weight is 473 g/mol. The SMILES string of the molecule is Br.CCC(=O)NS(=O)(=O)c1cc(C2(O)CSC(=NC)N2C)ccc1Cl. The number of carbonyl (C=O) groups excluding carboxylic acids is 1. The van der Waals surface area contributed by atoms with E-state index >= 15 is 0 Å². The number of nitrogens with one attached hydrogen (secondary N) is 1. The Balaban J connectivity index is 0.00000312. The van der Waals surface area contributed by atoms with Gasteiger partial charge in [0.1, 0.15) is 4.90 Å². The molecule has 0 saturated carbocycles. The number of benzene rings is 1. The zero-order valence-electron chi connectivity index (χ0n) is 13.8. The lowest BCUT2D eigenvalue weighted by atomic mass is 10.0. The van der Waals surface area contributed by atoms with E-state index in [1.165, 1.54) is 23.9 Å². The number of hydrogen-bond acceptors (Lipinski definition) is 6. The molecule has 0 aromatic heterocycles. The van der Waals surface area contributed by atoms with Crippen molar-refractivity contribution in [2.75, 3.05) is 19.8 Å². The Bertz CT molecular complexity index is 803. The predicted octanol–water partition coefficient (Wildman–Crippen LogP) is 1.94. The summed E-state index contributed by atoms with van der Waals surface area (Å²) >= 11 is 7.35. The number of aliphatic hydroxyl groups is 1. The minimum absolute atomic E-state index is 0. The van der Waals surface area contributed by atoms with Gasteiger partial charge in [-0.2, -0.15) is 0 Å². The molecule has 1 saturated heterocycles. The highest BCUT2D eigenvalue weighted by Crippen LogP contribution is 2.39. The van der Waals surface area contributed by atoms with E-state index in [1.807, 2.05) is 4.72 Å². The molecule has 0 bridgehead atoms. The van der Waals surface area contributed by atoms with Gasteiger partial charge in [0.2, 0.25) is 5.91 Å². The van der Waals surface area contributed by atoms with Crippen LogP contribution in [0.15, 0.2) is 28.1 Å². The summed E-state index contributed by atoms with van der Waals surface area (Å²) in [5.74, 6) is -0.345. The second-order valence-corrected chi connectivity index (χ2v) is 8.20. The van der Waals surface area contributed by atoms with E-state index in [-0.39, 0.29) is 33.3 Å². The number of hydrogen-bond donors (Lipinski definition) is 2. The molecular weight excluding hydrogens is 454 g/mol. The molecule has 0 spiro atoms. The van der Waals surface area contributed by atoms with Gasteiger partial charge in [-0.05, 0) is 12.1 Å². The van der Waals surface area contributed by atoms with Crippen molar-refractivity contribution in [2.45, 2.75) is 24.0 Å². The average Bonchev–Trinajstić information content (AvgIpc) is 2.83. The minimum Gasteiger partial charge on any atom is -0.366 e. The van der Waals surface area contributed by atoms with Crippen LogP contribution in [0.25, 0.3) is 0 Å². The monoisotopic (exact) mass is 471 g/mol. The molecule has 2 N–H and O–H groups in total. The maximum absolute atomic E-state index is 12.4. The smallest absolute Gasteiger partial charge is 0.265 e. The highest BCUT2D eigenvalue weighted by Gasteiger charge is 2.43. The Labute approximate surface area is 166 Å². The van der Waals surface area contributed by atoms with Crippen molar-refractivity contribution >= 4 is 61.4 Å². The number of rotatable bonds is 4. The van der Waals surface area contributed by atoms with E-state index in [0.717, 1.165) is 0 Å². The van der Waals surface area contributed by atoms with Crippen LogP contribution in [0.4, 0.5) is 0 Å². The first kappa shape index (κ1) is 22.2. The molecule has 1 amide bonds. The molecule has 0 radical (unpaired) electrons. The molecule has 1 aromatic rings. The van der Waals surface area contributed by atoms with E-state index in [4.69, 9.17) is 11.6 Å². The fourth-order valence-corrected chi connectivity index (χ4v) is 4.99. The van der Waals surface area contributed by atoms with E-state index in [2.05, 4.69) is 4.99 Å². The summed E-state index contributed by atoms with van der Waals surface area (Å²) in [6, 6.07) is 4.22. The van der Waals surface area contributed by atoms with Crippen molar-refractivity contribution in [3.63, 3.8) is 0 Å². The second kappa shape index (κ2) is 8.26. The summed E-state index contributed by atoms with van der Waals surface area (Å²) in [6.07, 6.45) is 0.0240. The molecule has 11 heteroatoms. The van der Waals surface area contributed by atoms with Crippen LogP contribution >= 0.6 is 40.3 Å². The Morgan fingerprint density at radius 1 is 1.52 bits per heavy atom. The highest BCUT2D eigenvalue weighted by molar-refractivity contribution is 8.93. The first-order valence-corrected chi connectivity index (χ1v) is 9.92. The fourth-order valence-electron chi connectivity index (χ4n) is 2.24. The number of carbonyl (C=O) groups is 1. The highest BCUT2D eigenvalue weighted by atomic mass is 79.9. The van der Waals surface area contributed by atoms with Gasteiger partial charge in [0.15, 0.2) is 10.9 Å².